The highest BCUT2D eigenvalue weighted by atomic mass is 16.5. The van der Waals surface area contributed by atoms with Crippen molar-refractivity contribution in [2.45, 2.75) is 0 Å². The van der Waals surface area contributed by atoms with Crippen LogP contribution in [0.3, 0.4) is 0 Å². The van der Waals surface area contributed by atoms with E-state index in [1.807, 2.05) is 0 Å². The Balaban J connectivity index is 2.90. The lowest BCUT2D eigenvalue weighted by atomic mass is 10.6. The number of rotatable bonds is 2. The van der Waals surface area contributed by atoms with Crippen LogP contribution in [0.1, 0.15) is 0 Å². The molecule has 1 rings (SSSR count). The monoisotopic (exact) mass is 139 g/mol. The number of nitrogens with zero attached hydrogens (tertiary/aromatic N) is 3. The van der Waals surface area contributed by atoms with Gasteiger partial charge >= 0.3 is 6.01 Å². The molecule has 0 atom stereocenters. The van der Waals surface area contributed by atoms with E-state index in [1.165, 1.54) is 19.5 Å². The lowest BCUT2D eigenvalue weighted by molar-refractivity contribution is 0.380. The summed E-state index contributed by atoms with van der Waals surface area (Å²) in [7, 11) is 1.45. The first-order chi connectivity index (χ1) is 4.86. The van der Waals surface area contributed by atoms with Crippen LogP contribution in [0.15, 0.2) is 17.6 Å². The lowest BCUT2D eigenvalue weighted by Gasteiger charge is -1.93. The average Bonchev–Trinajstić information content (AvgIpc) is 2.05. The van der Waals surface area contributed by atoms with Gasteiger partial charge in [0.25, 0.3) is 0 Å². The van der Waals surface area contributed by atoms with Crippen molar-refractivity contribution in [3.05, 3.63) is 17.3 Å². The van der Waals surface area contributed by atoms with Gasteiger partial charge in [-0.2, -0.15) is 0 Å². The lowest BCUT2D eigenvalue weighted by Crippen LogP contribution is -1.88. The topological polar surface area (TPSA) is 64.4 Å². The second-order valence-electron chi connectivity index (χ2n) is 1.52. The highest BCUT2D eigenvalue weighted by Crippen LogP contribution is 2.08. The van der Waals surface area contributed by atoms with Gasteiger partial charge in [-0.05, 0) is 5.18 Å². The molecule has 0 spiro atoms. The third kappa shape index (κ3) is 1.25. The Kier molecular flexibility index (Phi) is 1.89. The van der Waals surface area contributed by atoms with Crippen molar-refractivity contribution in [3.8, 4) is 6.01 Å². The minimum absolute atomic E-state index is 0.195. The maximum atomic E-state index is 9.84. The zero-order valence-corrected chi connectivity index (χ0v) is 5.31. The maximum absolute atomic E-state index is 9.84. The quantitative estimate of drug-likeness (QED) is 0.570. The smallest absolute Gasteiger partial charge is 0.316 e. The van der Waals surface area contributed by atoms with Crippen LogP contribution in [0.2, 0.25) is 0 Å². The second-order valence-corrected chi connectivity index (χ2v) is 1.52. The van der Waals surface area contributed by atoms with Gasteiger partial charge in [0.15, 0.2) is 0 Å². The van der Waals surface area contributed by atoms with Crippen molar-refractivity contribution in [3.63, 3.8) is 0 Å². The molecule has 1 aromatic rings. The minimum atomic E-state index is 0.195. The van der Waals surface area contributed by atoms with E-state index in [0.717, 1.165) is 0 Å². The fraction of sp³-hybridized carbons (Fsp3) is 0.200. The minimum Gasteiger partial charge on any atom is -0.467 e. The molecule has 0 saturated carbocycles. The Morgan fingerprint density at radius 3 is 2.50 bits per heavy atom. The van der Waals surface area contributed by atoms with E-state index in [1.54, 1.807) is 0 Å². The van der Waals surface area contributed by atoms with Crippen molar-refractivity contribution in [1.82, 2.24) is 9.97 Å². The molecule has 0 amide bonds. The fourth-order valence-corrected chi connectivity index (χ4v) is 0.462. The Morgan fingerprint density at radius 1 is 1.50 bits per heavy atom. The first-order valence-corrected chi connectivity index (χ1v) is 2.56. The Hall–Kier alpha value is -1.52. The Bertz CT molecular complexity index is 221. The molecule has 0 aliphatic rings. The molecule has 0 radical (unpaired) electrons. The standard InChI is InChI=1S/C5H5N3O2/c1-10-5-6-2-4(8-9)3-7-5/h2-3H,1H3. The van der Waals surface area contributed by atoms with E-state index in [0.29, 0.717) is 0 Å². The molecule has 5 heteroatoms. The van der Waals surface area contributed by atoms with Gasteiger partial charge in [0.05, 0.1) is 19.5 Å². The number of nitroso groups, excluding NO2 is 1. The third-order valence-corrected chi connectivity index (χ3v) is 0.903. The van der Waals surface area contributed by atoms with Crippen molar-refractivity contribution in [2.75, 3.05) is 7.11 Å². The number of hydrogen-bond acceptors (Lipinski definition) is 5. The zero-order valence-electron chi connectivity index (χ0n) is 5.31. The predicted octanol–water partition coefficient (Wildman–Crippen LogP) is 0.883. The van der Waals surface area contributed by atoms with Crippen LogP contribution < -0.4 is 4.74 Å². The molecule has 52 valence electrons. The number of methoxy groups -OCH3 is 1. The molecule has 0 N–H and O–H groups in total. The molecule has 0 unspecified atom stereocenters. The molecule has 0 aromatic carbocycles. The fourth-order valence-electron chi connectivity index (χ4n) is 0.462. The summed E-state index contributed by atoms with van der Waals surface area (Å²) in [6.07, 6.45) is 2.58. The van der Waals surface area contributed by atoms with Crippen molar-refractivity contribution in [1.29, 1.82) is 0 Å². The van der Waals surface area contributed by atoms with Crippen LogP contribution in [0.4, 0.5) is 5.69 Å². The summed E-state index contributed by atoms with van der Waals surface area (Å²) in [5.41, 5.74) is 0.195. The van der Waals surface area contributed by atoms with Crippen molar-refractivity contribution < 1.29 is 4.74 Å². The van der Waals surface area contributed by atoms with E-state index >= 15 is 0 Å². The number of aromatic nitrogens is 2. The summed E-state index contributed by atoms with van der Waals surface area (Å²) >= 11 is 0. The van der Waals surface area contributed by atoms with Crippen LogP contribution in [0, 0.1) is 4.91 Å². The number of ether oxygens (including phenoxy) is 1. The summed E-state index contributed by atoms with van der Waals surface area (Å²) in [5, 5.41) is 2.62. The molecule has 10 heavy (non-hydrogen) atoms. The van der Waals surface area contributed by atoms with Gasteiger partial charge < -0.3 is 4.74 Å². The van der Waals surface area contributed by atoms with Gasteiger partial charge in [-0.25, -0.2) is 9.97 Å². The van der Waals surface area contributed by atoms with Gasteiger partial charge in [-0.15, -0.1) is 4.91 Å². The highest BCUT2D eigenvalue weighted by molar-refractivity contribution is 5.29. The van der Waals surface area contributed by atoms with E-state index in [9.17, 15) is 4.91 Å². The van der Waals surface area contributed by atoms with E-state index in [-0.39, 0.29) is 11.7 Å². The van der Waals surface area contributed by atoms with Crippen LogP contribution in [0.5, 0.6) is 6.01 Å². The molecule has 1 heterocycles. The largest absolute Gasteiger partial charge is 0.467 e. The van der Waals surface area contributed by atoms with Gasteiger partial charge in [0.1, 0.15) is 5.69 Å². The molecule has 0 aliphatic heterocycles. The Morgan fingerprint density at radius 2 is 2.10 bits per heavy atom. The van der Waals surface area contributed by atoms with Gasteiger partial charge in [-0.1, -0.05) is 0 Å². The van der Waals surface area contributed by atoms with E-state index in [4.69, 9.17) is 0 Å². The maximum Gasteiger partial charge on any atom is 0.316 e. The summed E-state index contributed by atoms with van der Waals surface area (Å²) in [6.45, 7) is 0. The molecular weight excluding hydrogens is 134 g/mol. The van der Waals surface area contributed by atoms with Crippen molar-refractivity contribution >= 4 is 5.69 Å². The molecule has 0 bridgehead atoms. The Labute approximate surface area is 57.0 Å². The predicted molar refractivity (Wildman–Crippen MR) is 34.0 cm³/mol. The van der Waals surface area contributed by atoms with Crippen molar-refractivity contribution in [2.24, 2.45) is 5.18 Å². The molecular formula is C5H5N3O2. The summed E-state index contributed by atoms with van der Waals surface area (Å²) < 4.78 is 4.65. The molecule has 0 saturated heterocycles. The van der Waals surface area contributed by atoms with Gasteiger partial charge in [0, 0.05) is 0 Å². The average molecular weight is 139 g/mol. The van der Waals surface area contributed by atoms with Crippen LogP contribution in [-0.4, -0.2) is 17.1 Å². The summed E-state index contributed by atoms with van der Waals surface area (Å²) in [6, 6.07) is 0.229. The number of hydrogen-bond donors (Lipinski definition) is 0. The van der Waals surface area contributed by atoms with Gasteiger partial charge in [0.2, 0.25) is 0 Å². The summed E-state index contributed by atoms with van der Waals surface area (Å²) in [5.74, 6) is 0. The van der Waals surface area contributed by atoms with Crippen LogP contribution >= 0.6 is 0 Å². The van der Waals surface area contributed by atoms with Crippen LogP contribution in [0.25, 0.3) is 0 Å². The van der Waals surface area contributed by atoms with E-state index < -0.39 is 0 Å². The van der Waals surface area contributed by atoms with E-state index in [2.05, 4.69) is 19.9 Å². The molecule has 0 aliphatic carbocycles. The normalized spacial score (nSPS) is 8.90. The zero-order chi connectivity index (χ0) is 7.40. The molecule has 1 aromatic heterocycles. The molecule has 0 fully saturated rings. The molecule has 5 nitrogen and oxygen atoms in total. The SMILES string of the molecule is COc1ncc(N=O)cn1. The summed E-state index contributed by atoms with van der Waals surface area (Å²) in [4.78, 5) is 17.1. The third-order valence-electron chi connectivity index (χ3n) is 0.903. The first kappa shape index (κ1) is 6.60. The van der Waals surface area contributed by atoms with Gasteiger partial charge in [-0.3, -0.25) is 0 Å². The highest BCUT2D eigenvalue weighted by Gasteiger charge is 1.93. The van der Waals surface area contributed by atoms with Crippen LogP contribution in [-0.2, 0) is 0 Å². The first-order valence-electron chi connectivity index (χ1n) is 2.56. The second kappa shape index (κ2) is 2.86.